The quantitative estimate of drug-likeness (QED) is 0.233. The number of Topliss-reactive ketones (excluding diaryl/α,β-unsaturated/α-hetero) is 1. The van der Waals surface area contributed by atoms with Crippen LogP contribution in [0.5, 0.6) is 0 Å². The van der Waals surface area contributed by atoms with E-state index in [-0.39, 0.29) is 40.8 Å². The van der Waals surface area contributed by atoms with Gasteiger partial charge in [0.15, 0.2) is 0 Å². The Kier molecular flexibility index (Phi) is 4.83. The third kappa shape index (κ3) is 2.83. The van der Waals surface area contributed by atoms with Crippen molar-refractivity contribution in [1.29, 1.82) is 0 Å². The van der Waals surface area contributed by atoms with Crippen LogP contribution in [0.1, 0.15) is 15.9 Å². The number of carboxylic acid groups (broad SMARTS) is 1. The normalized spacial score (nSPS) is 8.93. The van der Waals surface area contributed by atoms with Crippen LogP contribution in [0.4, 0.5) is 5.69 Å². The molecule has 0 aromatic heterocycles. The predicted octanol–water partition coefficient (Wildman–Crippen LogP) is -3.49. The molecule has 68 valence electrons. The number of carboxylic acids is 1. The van der Waals surface area contributed by atoms with Crippen LogP contribution in [-0.2, 0) is 4.79 Å². The minimum atomic E-state index is -1.74. The molecule has 0 aliphatic rings. The van der Waals surface area contributed by atoms with Crippen molar-refractivity contribution < 1.29 is 44.3 Å². The Hall–Kier alpha value is -0.840. The van der Waals surface area contributed by atoms with Gasteiger partial charge >= 0.3 is 29.6 Å². The maximum atomic E-state index is 10.9. The van der Waals surface area contributed by atoms with Crippen molar-refractivity contribution in [2.24, 2.45) is 0 Å². The third-order valence-corrected chi connectivity index (χ3v) is 1.64. The second kappa shape index (κ2) is 5.14. The van der Waals surface area contributed by atoms with E-state index in [9.17, 15) is 14.7 Å². The standard InChI is InChI=1S/C9H9NO3.Na/c1-5-2-3-6(7(10)4-5)8(11)9(12)13;/h2-4H,10H2,1H3,(H,12,13);/q;+1/p-1. The van der Waals surface area contributed by atoms with Gasteiger partial charge in [0, 0.05) is 11.3 Å². The predicted molar refractivity (Wildman–Crippen MR) is 44.9 cm³/mol. The SMILES string of the molecule is Cc1ccc(C(=O)C(=O)[O-])c(N)c1.[Na+]. The number of carbonyl (C=O) groups excluding carboxylic acids is 2. The summed E-state index contributed by atoms with van der Waals surface area (Å²) in [7, 11) is 0. The zero-order valence-corrected chi connectivity index (χ0v) is 10.0. The number of benzene rings is 1. The number of anilines is 1. The molecule has 1 aromatic rings. The van der Waals surface area contributed by atoms with E-state index in [2.05, 4.69) is 0 Å². The fourth-order valence-corrected chi connectivity index (χ4v) is 0.999. The molecule has 0 unspecified atom stereocenters. The molecule has 14 heavy (non-hydrogen) atoms. The number of hydrogen-bond donors (Lipinski definition) is 1. The molecule has 0 radical (unpaired) electrons. The van der Waals surface area contributed by atoms with Gasteiger partial charge in [-0.3, -0.25) is 4.79 Å². The van der Waals surface area contributed by atoms with Crippen LogP contribution >= 0.6 is 0 Å². The second-order valence-electron chi connectivity index (χ2n) is 2.71. The van der Waals surface area contributed by atoms with Crippen molar-refractivity contribution in [3.8, 4) is 0 Å². The van der Waals surface area contributed by atoms with Crippen molar-refractivity contribution in [3.63, 3.8) is 0 Å². The van der Waals surface area contributed by atoms with E-state index in [4.69, 9.17) is 5.73 Å². The number of nitrogen functional groups attached to an aromatic ring is 1. The molecule has 4 nitrogen and oxygen atoms in total. The Morgan fingerprint density at radius 1 is 1.36 bits per heavy atom. The monoisotopic (exact) mass is 201 g/mol. The van der Waals surface area contributed by atoms with Gasteiger partial charge in [0.25, 0.3) is 0 Å². The largest absolute Gasteiger partial charge is 1.00 e. The minimum absolute atomic E-state index is 0. The Morgan fingerprint density at radius 2 is 1.93 bits per heavy atom. The van der Waals surface area contributed by atoms with E-state index in [1.54, 1.807) is 13.0 Å². The Morgan fingerprint density at radius 3 is 2.36 bits per heavy atom. The summed E-state index contributed by atoms with van der Waals surface area (Å²) in [5.41, 5.74) is 6.45. The van der Waals surface area contributed by atoms with Gasteiger partial charge in [0.1, 0.15) is 5.97 Å². The first kappa shape index (κ1) is 13.2. The Labute approximate surface area is 103 Å². The van der Waals surface area contributed by atoms with Gasteiger partial charge in [-0.25, -0.2) is 0 Å². The first-order valence-electron chi connectivity index (χ1n) is 3.64. The molecule has 0 saturated carbocycles. The van der Waals surface area contributed by atoms with E-state index < -0.39 is 11.8 Å². The second-order valence-corrected chi connectivity index (χ2v) is 2.71. The topological polar surface area (TPSA) is 83.2 Å². The molecule has 1 rings (SSSR count). The molecular formula is C9H8NNaO3. The number of aliphatic carboxylic acids is 1. The first-order valence-corrected chi connectivity index (χ1v) is 3.64. The van der Waals surface area contributed by atoms with Crippen LogP contribution in [0.25, 0.3) is 0 Å². The van der Waals surface area contributed by atoms with Crippen LogP contribution in [0.15, 0.2) is 18.2 Å². The molecule has 2 N–H and O–H groups in total. The summed E-state index contributed by atoms with van der Waals surface area (Å²) < 4.78 is 0. The molecular weight excluding hydrogens is 193 g/mol. The van der Waals surface area contributed by atoms with Crippen molar-refractivity contribution in [3.05, 3.63) is 29.3 Å². The molecule has 0 amide bonds. The van der Waals surface area contributed by atoms with Crippen molar-refractivity contribution in [1.82, 2.24) is 0 Å². The van der Waals surface area contributed by atoms with Crippen molar-refractivity contribution in [2.45, 2.75) is 6.92 Å². The van der Waals surface area contributed by atoms with E-state index in [1.807, 2.05) is 0 Å². The summed E-state index contributed by atoms with van der Waals surface area (Å²) in [5.74, 6) is -2.83. The van der Waals surface area contributed by atoms with Gasteiger partial charge in [-0.15, -0.1) is 0 Å². The van der Waals surface area contributed by atoms with E-state index in [0.29, 0.717) is 0 Å². The summed E-state index contributed by atoms with van der Waals surface area (Å²) >= 11 is 0. The van der Waals surface area contributed by atoms with Gasteiger partial charge in [0.05, 0.1) is 0 Å². The molecule has 0 aliphatic carbocycles. The maximum absolute atomic E-state index is 10.9. The van der Waals surface area contributed by atoms with Gasteiger partial charge in [0.2, 0.25) is 5.78 Å². The van der Waals surface area contributed by atoms with Gasteiger partial charge in [-0.05, 0) is 24.6 Å². The first-order chi connectivity index (χ1) is 6.02. The number of hydrogen-bond acceptors (Lipinski definition) is 4. The molecule has 0 atom stereocenters. The van der Waals surface area contributed by atoms with Crippen LogP contribution < -0.4 is 40.4 Å². The summed E-state index contributed by atoms with van der Waals surface area (Å²) in [6.07, 6.45) is 0. The van der Waals surface area contributed by atoms with Crippen LogP contribution in [0.2, 0.25) is 0 Å². The Bertz CT molecular complexity index is 376. The molecule has 1 aromatic carbocycles. The fraction of sp³-hybridized carbons (Fsp3) is 0.111. The van der Waals surface area contributed by atoms with Gasteiger partial charge < -0.3 is 15.6 Å². The minimum Gasteiger partial charge on any atom is -0.541 e. The van der Waals surface area contributed by atoms with Crippen molar-refractivity contribution >= 4 is 17.4 Å². The summed E-state index contributed by atoms with van der Waals surface area (Å²) in [6.45, 7) is 1.80. The van der Waals surface area contributed by atoms with Gasteiger partial charge in [-0.2, -0.15) is 0 Å². The summed E-state index contributed by atoms with van der Waals surface area (Å²) in [6, 6.07) is 4.53. The number of nitrogens with two attached hydrogens (primary N) is 1. The molecule has 5 heteroatoms. The van der Waals surface area contributed by atoms with Crippen molar-refractivity contribution in [2.75, 3.05) is 5.73 Å². The number of rotatable bonds is 2. The zero-order chi connectivity index (χ0) is 10.0. The molecule has 0 spiro atoms. The molecule has 0 heterocycles. The maximum Gasteiger partial charge on any atom is 1.00 e. The number of ketones is 1. The molecule has 0 aliphatic heterocycles. The van der Waals surface area contributed by atoms with Crippen LogP contribution in [-0.4, -0.2) is 11.8 Å². The summed E-state index contributed by atoms with van der Waals surface area (Å²) in [4.78, 5) is 21.2. The van der Waals surface area contributed by atoms with Crippen LogP contribution in [0.3, 0.4) is 0 Å². The summed E-state index contributed by atoms with van der Waals surface area (Å²) in [5, 5.41) is 10.2. The molecule has 0 bridgehead atoms. The van der Waals surface area contributed by atoms with Gasteiger partial charge in [-0.1, -0.05) is 6.07 Å². The average molecular weight is 201 g/mol. The average Bonchev–Trinajstić information content (AvgIpc) is 2.03. The molecule has 0 fully saturated rings. The fourth-order valence-electron chi connectivity index (χ4n) is 0.999. The van der Waals surface area contributed by atoms with E-state index >= 15 is 0 Å². The number of carbonyl (C=O) groups is 2. The molecule has 0 saturated heterocycles. The number of aryl methyl sites for hydroxylation is 1. The zero-order valence-electron chi connectivity index (χ0n) is 8.03. The Balaban J connectivity index is 0.00000169. The smallest absolute Gasteiger partial charge is 0.541 e. The third-order valence-electron chi connectivity index (χ3n) is 1.64. The van der Waals surface area contributed by atoms with E-state index in [0.717, 1.165) is 5.56 Å². The van der Waals surface area contributed by atoms with E-state index in [1.165, 1.54) is 12.1 Å². The van der Waals surface area contributed by atoms with Crippen LogP contribution in [0, 0.1) is 6.92 Å².